The van der Waals surface area contributed by atoms with Crippen LogP contribution >= 0.6 is 11.6 Å². The van der Waals surface area contributed by atoms with E-state index in [1.54, 1.807) is 19.2 Å². The van der Waals surface area contributed by atoms with Crippen LogP contribution in [0.3, 0.4) is 0 Å². The van der Waals surface area contributed by atoms with Gasteiger partial charge in [0.05, 0.1) is 12.1 Å². The Labute approximate surface area is 112 Å². The minimum absolute atomic E-state index is 0.521. The molecule has 0 radical (unpaired) electrons. The third-order valence-corrected chi connectivity index (χ3v) is 2.64. The highest BCUT2D eigenvalue weighted by molar-refractivity contribution is 6.32. The van der Waals surface area contributed by atoms with Gasteiger partial charge in [0.2, 0.25) is 5.96 Å². The number of anilines is 1. The molecule has 0 unspecified atom stereocenters. The van der Waals surface area contributed by atoms with E-state index in [-0.39, 0.29) is 0 Å². The first-order valence-corrected chi connectivity index (χ1v) is 6.20. The Hall–Kier alpha value is -1.46. The van der Waals surface area contributed by atoms with E-state index < -0.39 is 0 Å². The largest absolute Gasteiger partial charge is 0.495 e. The number of benzene rings is 1. The van der Waals surface area contributed by atoms with Crippen molar-refractivity contribution in [3.63, 3.8) is 0 Å². The summed E-state index contributed by atoms with van der Waals surface area (Å²) in [5, 5.41) is 3.63. The number of hydrogen-bond donors (Lipinski definition) is 3. The number of halogens is 1. The molecule has 4 N–H and O–H groups in total. The van der Waals surface area contributed by atoms with Gasteiger partial charge in [-0.05, 0) is 18.6 Å². The molecule has 0 saturated carbocycles. The molecule has 0 saturated heterocycles. The average molecular weight is 271 g/mol. The van der Waals surface area contributed by atoms with Crippen LogP contribution in [0, 0.1) is 0 Å². The van der Waals surface area contributed by atoms with Gasteiger partial charge in [-0.15, -0.1) is 0 Å². The van der Waals surface area contributed by atoms with Crippen LogP contribution < -0.4 is 21.3 Å². The van der Waals surface area contributed by atoms with Crippen molar-refractivity contribution in [2.75, 3.05) is 19.0 Å². The Balaban J connectivity index is 2.72. The van der Waals surface area contributed by atoms with Gasteiger partial charge in [-0.3, -0.25) is 10.4 Å². The zero-order valence-corrected chi connectivity index (χ0v) is 11.4. The first-order valence-electron chi connectivity index (χ1n) is 5.83. The van der Waals surface area contributed by atoms with Gasteiger partial charge in [0.1, 0.15) is 5.75 Å². The van der Waals surface area contributed by atoms with Gasteiger partial charge in [-0.1, -0.05) is 24.9 Å². The van der Waals surface area contributed by atoms with Crippen LogP contribution in [0.2, 0.25) is 5.02 Å². The molecule has 100 valence electrons. The number of aliphatic imine (C=N–C) groups is 1. The summed E-state index contributed by atoms with van der Waals surface area (Å²) in [6.07, 6.45) is 2.12. The van der Waals surface area contributed by atoms with Crippen LogP contribution in [0.15, 0.2) is 23.2 Å². The average Bonchev–Trinajstić information content (AvgIpc) is 2.39. The van der Waals surface area contributed by atoms with Gasteiger partial charge in [0.15, 0.2) is 0 Å². The lowest BCUT2D eigenvalue weighted by molar-refractivity contribution is 0.415. The number of nitrogens with two attached hydrogens (primary N) is 1. The summed E-state index contributed by atoms with van der Waals surface area (Å²) < 4.78 is 5.14. The number of guanidine groups is 1. The summed E-state index contributed by atoms with van der Waals surface area (Å²) >= 11 is 5.95. The molecule has 1 aromatic rings. The summed E-state index contributed by atoms with van der Waals surface area (Å²) in [7, 11) is 1.57. The molecule has 1 rings (SSSR count). The van der Waals surface area contributed by atoms with Gasteiger partial charge < -0.3 is 10.1 Å². The molecule has 1 aromatic carbocycles. The predicted octanol–water partition coefficient (Wildman–Crippen LogP) is 2.38. The SMILES string of the molecule is CCCCN=C(NN)Nc1ccc(Cl)c(OC)c1. The molecule has 0 aliphatic rings. The summed E-state index contributed by atoms with van der Waals surface area (Å²) in [5.74, 6) is 6.53. The van der Waals surface area contributed by atoms with Gasteiger partial charge in [0.25, 0.3) is 0 Å². The van der Waals surface area contributed by atoms with Crippen LogP contribution in [0.1, 0.15) is 19.8 Å². The highest BCUT2D eigenvalue weighted by Gasteiger charge is 2.03. The molecular formula is C12H19ClN4O. The van der Waals surface area contributed by atoms with Crippen molar-refractivity contribution < 1.29 is 4.74 Å². The predicted molar refractivity (Wildman–Crippen MR) is 76.2 cm³/mol. The summed E-state index contributed by atoms with van der Waals surface area (Å²) in [4.78, 5) is 4.30. The highest BCUT2D eigenvalue weighted by atomic mass is 35.5. The Morgan fingerprint density at radius 2 is 2.28 bits per heavy atom. The molecule has 0 bridgehead atoms. The highest BCUT2D eigenvalue weighted by Crippen LogP contribution is 2.27. The monoisotopic (exact) mass is 270 g/mol. The van der Waals surface area contributed by atoms with E-state index in [0.29, 0.717) is 16.7 Å². The van der Waals surface area contributed by atoms with Crippen molar-refractivity contribution in [1.82, 2.24) is 5.43 Å². The van der Waals surface area contributed by atoms with Crippen LogP contribution in [0.5, 0.6) is 5.75 Å². The normalized spacial score (nSPS) is 11.2. The van der Waals surface area contributed by atoms with Crippen molar-refractivity contribution in [2.24, 2.45) is 10.8 Å². The quantitative estimate of drug-likeness (QED) is 0.253. The summed E-state index contributed by atoms with van der Waals surface area (Å²) in [5.41, 5.74) is 3.34. The van der Waals surface area contributed by atoms with Gasteiger partial charge in [0, 0.05) is 18.3 Å². The van der Waals surface area contributed by atoms with Gasteiger partial charge >= 0.3 is 0 Å². The lowest BCUT2D eigenvalue weighted by Crippen LogP contribution is -2.36. The first kappa shape index (κ1) is 14.6. The molecule has 0 aromatic heterocycles. The second-order valence-corrected chi connectivity index (χ2v) is 4.11. The maximum Gasteiger partial charge on any atom is 0.210 e. The van der Waals surface area contributed by atoms with E-state index in [2.05, 4.69) is 22.7 Å². The number of nitrogens with zero attached hydrogens (tertiary/aromatic N) is 1. The van der Waals surface area contributed by atoms with E-state index in [1.807, 2.05) is 6.07 Å². The molecule has 0 aliphatic carbocycles. The van der Waals surface area contributed by atoms with E-state index >= 15 is 0 Å². The Morgan fingerprint density at radius 3 is 2.89 bits per heavy atom. The fourth-order valence-electron chi connectivity index (χ4n) is 1.34. The minimum Gasteiger partial charge on any atom is -0.495 e. The minimum atomic E-state index is 0.521. The van der Waals surface area contributed by atoms with Crippen LogP contribution in [0.25, 0.3) is 0 Å². The third-order valence-electron chi connectivity index (χ3n) is 2.33. The van der Waals surface area contributed by atoms with E-state index in [0.717, 1.165) is 25.1 Å². The summed E-state index contributed by atoms with van der Waals surface area (Å²) in [6.45, 7) is 2.84. The van der Waals surface area contributed by atoms with Crippen molar-refractivity contribution in [3.05, 3.63) is 23.2 Å². The van der Waals surface area contributed by atoms with Gasteiger partial charge in [-0.2, -0.15) is 0 Å². The number of methoxy groups -OCH3 is 1. The molecule has 0 heterocycles. The topological polar surface area (TPSA) is 71.7 Å². The Kier molecular flexibility index (Phi) is 6.32. The number of nitrogens with one attached hydrogen (secondary N) is 2. The zero-order chi connectivity index (χ0) is 13.4. The molecule has 18 heavy (non-hydrogen) atoms. The number of hydrazine groups is 1. The van der Waals surface area contributed by atoms with E-state index in [1.165, 1.54) is 0 Å². The number of unbranched alkanes of at least 4 members (excludes halogenated alkanes) is 1. The lowest BCUT2D eigenvalue weighted by atomic mass is 10.3. The molecule has 0 atom stereocenters. The number of rotatable bonds is 5. The van der Waals surface area contributed by atoms with Crippen LogP contribution in [0.4, 0.5) is 5.69 Å². The molecule has 6 heteroatoms. The lowest BCUT2D eigenvalue weighted by Gasteiger charge is -2.11. The second-order valence-electron chi connectivity index (χ2n) is 3.70. The Bertz CT molecular complexity index is 409. The third kappa shape index (κ3) is 4.43. The first-order chi connectivity index (χ1) is 8.71. The second kappa shape index (κ2) is 7.79. The van der Waals surface area contributed by atoms with Crippen LogP contribution in [-0.4, -0.2) is 19.6 Å². The van der Waals surface area contributed by atoms with Crippen LogP contribution in [-0.2, 0) is 0 Å². The molecular weight excluding hydrogens is 252 g/mol. The summed E-state index contributed by atoms with van der Waals surface area (Å²) in [6, 6.07) is 5.37. The molecule has 0 fully saturated rings. The van der Waals surface area contributed by atoms with E-state index in [9.17, 15) is 0 Å². The molecule has 5 nitrogen and oxygen atoms in total. The molecule has 0 spiro atoms. The Morgan fingerprint density at radius 1 is 1.50 bits per heavy atom. The van der Waals surface area contributed by atoms with Crippen molar-refractivity contribution in [3.8, 4) is 5.75 Å². The maximum absolute atomic E-state index is 5.95. The van der Waals surface area contributed by atoms with Crippen molar-refractivity contribution in [2.45, 2.75) is 19.8 Å². The number of hydrogen-bond acceptors (Lipinski definition) is 3. The van der Waals surface area contributed by atoms with Crippen molar-refractivity contribution >= 4 is 23.2 Å². The fraction of sp³-hybridized carbons (Fsp3) is 0.417. The molecule has 0 amide bonds. The van der Waals surface area contributed by atoms with Gasteiger partial charge in [-0.25, -0.2) is 5.84 Å². The smallest absolute Gasteiger partial charge is 0.210 e. The van der Waals surface area contributed by atoms with E-state index in [4.69, 9.17) is 22.2 Å². The zero-order valence-electron chi connectivity index (χ0n) is 10.7. The van der Waals surface area contributed by atoms with Crippen molar-refractivity contribution in [1.29, 1.82) is 0 Å². The number of ether oxygens (including phenoxy) is 1. The maximum atomic E-state index is 5.95. The fourth-order valence-corrected chi connectivity index (χ4v) is 1.54. The standard InChI is InChI=1S/C12H19ClN4O/c1-3-4-7-15-12(17-14)16-9-5-6-10(13)11(8-9)18-2/h5-6,8H,3-4,7,14H2,1-2H3,(H2,15,16,17). The molecule has 0 aliphatic heterocycles.